The van der Waals surface area contributed by atoms with E-state index in [-0.39, 0.29) is 0 Å². The van der Waals surface area contributed by atoms with Gasteiger partial charge in [-0.05, 0) is 46.9 Å². The molecule has 2 rings (SSSR count). The number of nitrogens with two attached hydrogens (primary N) is 1. The van der Waals surface area contributed by atoms with E-state index in [0.717, 1.165) is 23.5 Å². The molecule has 0 bridgehead atoms. The zero-order valence-electron chi connectivity index (χ0n) is 6.47. The predicted molar refractivity (Wildman–Crippen MR) is 59.8 cm³/mol. The Morgan fingerprint density at radius 3 is 3.08 bits per heavy atom. The van der Waals surface area contributed by atoms with E-state index in [1.807, 2.05) is 6.08 Å². The number of anilines is 1. The van der Waals surface area contributed by atoms with Crippen molar-refractivity contribution >= 4 is 34.0 Å². The Hall–Kier alpha value is -0.710. The molecule has 0 unspecified atom stereocenters. The molecule has 12 heavy (non-hydrogen) atoms. The molecule has 2 nitrogen and oxygen atoms in total. The molecule has 1 aliphatic rings. The number of hydrogen-bond acceptors (Lipinski definition) is 2. The Kier molecular flexibility index (Phi) is 1.96. The molecule has 0 amide bonds. The van der Waals surface area contributed by atoms with Gasteiger partial charge in [-0.1, -0.05) is 0 Å². The van der Waals surface area contributed by atoms with Crippen molar-refractivity contribution in [3.63, 3.8) is 0 Å². The van der Waals surface area contributed by atoms with E-state index in [4.69, 9.17) is 5.73 Å². The molecule has 1 aliphatic heterocycles. The highest BCUT2D eigenvalue weighted by Gasteiger charge is 2.08. The Labute approximate surface area is 85.0 Å². The van der Waals surface area contributed by atoms with E-state index in [9.17, 15) is 0 Å². The molecule has 0 saturated heterocycles. The summed E-state index contributed by atoms with van der Waals surface area (Å²) in [5.74, 6) is 0. The molecule has 3 N–H and O–H groups in total. The van der Waals surface area contributed by atoms with Crippen molar-refractivity contribution in [3.8, 4) is 0 Å². The van der Waals surface area contributed by atoms with Crippen LogP contribution < -0.4 is 11.1 Å². The second-order valence-corrected chi connectivity index (χ2v) is 3.98. The number of benzene rings is 1. The Morgan fingerprint density at radius 1 is 1.42 bits per heavy atom. The van der Waals surface area contributed by atoms with Crippen molar-refractivity contribution in [2.45, 2.75) is 0 Å². The first-order chi connectivity index (χ1) is 5.77. The minimum Gasteiger partial charge on any atom is -0.398 e. The van der Waals surface area contributed by atoms with Crippen LogP contribution in [0.5, 0.6) is 0 Å². The minimum atomic E-state index is 0.832. The van der Waals surface area contributed by atoms with Gasteiger partial charge in [-0.15, -0.1) is 0 Å². The van der Waals surface area contributed by atoms with Crippen LogP contribution in [0.4, 0.5) is 5.69 Å². The van der Waals surface area contributed by atoms with Crippen molar-refractivity contribution in [1.82, 2.24) is 0 Å². The number of nitrogens with one attached hydrogen (secondary N) is 1. The molecule has 1 aromatic rings. The molecular weight excluding hydrogens is 263 g/mol. The van der Waals surface area contributed by atoms with E-state index in [2.05, 4.69) is 46.1 Å². The summed E-state index contributed by atoms with van der Waals surface area (Å²) in [6.45, 7) is 0.832. The maximum absolute atomic E-state index is 5.82. The van der Waals surface area contributed by atoms with Gasteiger partial charge < -0.3 is 11.1 Å². The van der Waals surface area contributed by atoms with Crippen LogP contribution in [0.3, 0.4) is 0 Å². The van der Waals surface area contributed by atoms with Gasteiger partial charge in [0.2, 0.25) is 0 Å². The van der Waals surface area contributed by atoms with Crippen LogP contribution in [0.15, 0.2) is 24.3 Å². The molecule has 0 radical (unpaired) electrons. The molecule has 0 atom stereocenters. The lowest BCUT2D eigenvalue weighted by Crippen LogP contribution is -2.12. The first-order valence-electron chi connectivity index (χ1n) is 3.77. The summed E-state index contributed by atoms with van der Waals surface area (Å²) in [7, 11) is 0. The first-order valence-corrected chi connectivity index (χ1v) is 4.84. The summed E-state index contributed by atoms with van der Waals surface area (Å²) < 4.78 is 1.23. The van der Waals surface area contributed by atoms with Gasteiger partial charge in [0.1, 0.15) is 0 Å². The van der Waals surface area contributed by atoms with E-state index in [1.54, 1.807) is 0 Å². The number of halogens is 1. The van der Waals surface area contributed by atoms with E-state index in [1.165, 1.54) is 3.57 Å². The summed E-state index contributed by atoms with van der Waals surface area (Å²) >= 11 is 2.29. The van der Waals surface area contributed by atoms with Gasteiger partial charge >= 0.3 is 0 Å². The lowest BCUT2D eigenvalue weighted by atomic mass is 10.1. The van der Waals surface area contributed by atoms with Gasteiger partial charge in [-0.2, -0.15) is 0 Å². The minimum absolute atomic E-state index is 0.832. The second kappa shape index (κ2) is 2.97. The Balaban J connectivity index is 2.56. The van der Waals surface area contributed by atoms with Crippen molar-refractivity contribution < 1.29 is 0 Å². The van der Waals surface area contributed by atoms with Crippen LogP contribution in [-0.2, 0) is 0 Å². The zero-order valence-corrected chi connectivity index (χ0v) is 8.63. The van der Waals surface area contributed by atoms with Gasteiger partial charge in [0, 0.05) is 27.1 Å². The summed E-state index contributed by atoms with van der Waals surface area (Å²) in [4.78, 5) is 0. The largest absolute Gasteiger partial charge is 0.398 e. The van der Waals surface area contributed by atoms with Gasteiger partial charge in [0.05, 0.1) is 0 Å². The highest BCUT2D eigenvalue weighted by Crippen LogP contribution is 2.25. The lowest BCUT2D eigenvalue weighted by Gasteiger charge is -2.16. The molecule has 0 aromatic heterocycles. The number of rotatable bonds is 0. The lowest BCUT2D eigenvalue weighted by molar-refractivity contribution is 1.27. The van der Waals surface area contributed by atoms with Crippen LogP contribution in [0, 0.1) is 3.57 Å². The summed E-state index contributed by atoms with van der Waals surface area (Å²) in [6.07, 6.45) is 2.00. The van der Waals surface area contributed by atoms with Crippen molar-refractivity contribution in [2.75, 3.05) is 11.9 Å². The summed E-state index contributed by atoms with van der Waals surface area (Å²) in [5, 5.41) is 3.27. The van der Waals surface area contributed by atoms with Crippen molar-refractivity contribution in [1.29, 1.82) is 0 Å². The van der Waals surface area contributed by atoms with E-state index in [0.29, 0.717) is 0 Å². The van der Waals surface area contributed by atoms with Crippen LogP contribution in [-0.4, -0.2) is 6.54 Å². The van der Waals surface area contributed by atoms with Gasteiger partial charge in [-0.25, -0.2) is 0 Å². The SMILES string of the molecule is NC1=CCNc2cc(I)ccc21. The number of fused-ring (bicyclic) bond motifs is 1. The van der Waals surface area contributed by atoms with Crippen molar-refractivity contribution in [3.05, 3.63) is 33.4 Å². The average molecular weight is 272 g/mol. The van der Waals surface area contributed by atoms with Gasteiger partial charge in [-0.3, -0.25) is 0 Å². The summed E-state index contributed by atoms with van der Waals surface area (Å²) in [5.41, 5.74) is 8.94. The summed E-state index contributed by atoms with van der Waals surface area (Å²) in [6, 6.07) is 6.22. The molecule has 1 aromatic carbocycles. The van der Waals surface area contributed by atoms with Crippen molar-refractivity contribution in [2.24, 2.45) is 5.73 Å². The predicted octanol–water partition coefficient (Wildman–Crippen LogP) is 2.02. The van der Waals surface area contributed by atoms with Crippen LogP contribution >= 0.6 is 22.6 Å². The van der Waals surface area contributed by atoms with E-state index < -0.39 is 0 Å². The smallest absolute Gasteiger partial charge is 0.0447 e. The molecule has 3 heteroatoms. The van der Waals surface area contributed by atoms with Crippen LogP contribution in [0.1, 0.15) is 5.56 Å². The zero-order chi connectivity index (χ0) is 8.55. The molecule has 0 spiro atoms. The molecule has 0 aliphatic carbocycles. The van der Waals surface area contributed by atoms with Gasteiger partial charge in [0.15, 0.2) is 0 Å². The highest BCUT2D eigenvalue weighted by atomic mass is 127. The third-order valence-electron chi connectivity index (χ3n) is 1.91. The Bertz CT molecular complexity index is 344. The monoisotopic (exact) mass is 272 g/mol. The van der Waals surface area contributed by atoms with E-state index >= 15 is 0 Å². The molecular formula is C9H9IN2. The first kappa shape index (κ1) is 7.91. The van der Waals surface area contributed by atoms with Crippen LogP contribution in [0.2, 0.25) is 0 Å². The fourth-order valence-electron chi connectivity index (χ4n) is 1.30. The fourth-order valence-corrected chi connectivity index (χ4v) is 1.79. The standard InChI is InChI=1S/C9H9IN2/c10-6-1-2-7-8(11)3-4-12-9(7)5-6/h1-3,5,12H,4,11H2. The topological polar surface area (TPSA) is 38.0 Å². The molecule has 62 valence electrons. The van der Waals surface area contributed by atoms with Crippen LogP contribution in [0.25, 0.3) is 5.70 Å². The number of hydrogen-bond donors (Lipinski definition) is 2. The molecule has 0 saturated carbocycles. The molecule has 1 heterocycles. The maximum atomic E-state index is 5.82. The molecule has 0 fully saturated rings. The maximum Gasteiger partial charge on any atom is 0.0447 e. The third-order valence-corrected chi connectivity index (χ3v) is 2.58. The average Bonchev–Trinajstić information content (AvgIpc) is 2.04. The Morgan fingerprint density at radius 2 is 2.25 bits per heavy atom. The second-order valence-electron chi connectivity index (χ2n) is 2.73. The van der Waals surface area contributed by atoms with Gasteiger partial charge in [0.25, 0.3) is 0 Å². The normalized spacial score (nSPS) is 14.6. The quantitative estimate of drug-likeness (QED) is 0.709. The highest BCUT2D eigenvalue weighted by molar-refractivity contribution is 14.1. The fraction of sp³-hybridized carbons (Fsp3) is 0.111. The third kappa shape index (κ3) is 1.29.